The molecule has 1 heterocycles. The lowest BCUT2D eigenvalue weighted by Crippen LogP contribution is -2.36. The summed E-state index contributed by atoms with van der Waals surface area (Å²) < 4.78 is 26.3. The summed E-state index contributed by atoms with van der Waals surface area (Å²) in [5.74, 6) is -5.90. The topological polar surface area (TPSA) is 86.7 Å². The van der Waals surface area contributed by atoms with E-state index in [0.29, 0.717) is 6.42 Å². The highest BCUT2D eigenvalue weighted by Gasteiger charge is 2.33. The molecule has 0 bridgehead atoms. The number of hydrogen-bond acceptors (Lipinski definition) is 3. The predicted octanol–water partition coefficient (Wildman–Crippen LogP) is 1.60. The van der Waals surface area contributed by atoms with Crippen molar-refractivity contribution in [1.29, 1.82) is 0 Å². The van der Waals surface area contributed by atoms with Gasteiger partial charge in [-0.15, -0.1) is 0 Å². The molecular formula is C13H11BrF2N2O4. The van der Waals surface area contributed by atoms with Crippen molar-refractivity contribution in [3.8, 4) is 0 Å². The van der Waals surface area contributed by atoms with Crippen molar-refractivity contribution in [2.24, 2.45) is 5.92 Å². The first-order chi connectivity index (χ1) is 10.3. The zero-order valence-electron chi connectivity index (χ0n) is 11.1. The maximum atomic E-state index is 13.2. The smallest absolute Gasteiger partial charge is 0.394 e. The van der Waals surface area contributed by atoms with E-state index in [1.165, 1.54) is 6.07 Å². The number of anilines is 1. The fourth-order valence-corrected chi connectivity index (χ4v) is 2.60. The van der Waals surface area contributed by atoms with Gasteiger partial charge in [0, 0.05) is 24.8 Å². The van der Waals surface area contributed by atoms with Crippen molar-refractivity contribution in [3.05, 3.63) is 28.2 Å². The van der Waals surface area contributed by atoms with E-state index in [1.54, 1.807) is 0 Å². The zero-order valence-corrected chi connectivity index (χ0v) is 12.7. The van der Waals surface area contributed by atoms with Crippen LogP contribution in [0.25, 0.3) is 0 Å². The van der Waals surface area contributed by atoms with Gasteiger partial charge in [0.25, 0.3) is 0 Å². The van der Waals surface area contributed by atoms with Gasteiger partial charge in [-0.05, 0) is 28.4 Å². The third kappa shape index (κ3) is 3.41. The van der Waals surface area contributed by atoms with Gasteiger partial charge in [0.05, 0.1) is 10.4 Å². The molecule has 0 unspecified atom stereocenters. The lowest BCUT2D eigenvalue weighted by molar-refractivity contribution is -0.155. The Labute approximate surface area is 132 Å². The summed E-state index contributed by atoms with van der Waals surface area (Å²) in [6.07, 6.45) is 0.301. The SMILES string of the molecule is O=C(O)C(=O)N1CC[C@H](C(=O)Nc2cc(F)c(F)c(Br)c2)C1. The fraction of sp³-hybridized carbons (Fsp3) is 0.308. The van der Waals surface area contributed by atoms with Gasteiger partial charge in [-0.3, -0.25) is 9.59 Å². The third-order valence-corrected chi connectivity index (χ3v) is 3.86. The zero-order chi connectivity index (χ0) is 16.4. The molecule has 1 atom stereocenters. The highest BCUT2D eigenvalue weighted by atomic mass is 79.9. The summed E-state index contributed by atoms with van der Waals surface area (Å²) in [5.41, 5.74) is 0.0683. The molecular weight excluding hydrogens is 366 g/mol. The first-order valence-electron chi connectivity index (χ1n) is 6.27. The molecule has 1 aliphatic rings. The number of carboxylic acids is 1. The Kier molecular flexibility index (Phi) is 4.74. The van der Waals surface area contributed by atoms with Crippen LogP contribution in [0.1, 0.15) is 6.42 Å². The standard InChI is InChI=1S/C13H11BrF2N2O4/c14-8-3-7(4-9(15)10(8)16)17-11(19)6-1-2-18(5-6)12(20)13(21)22/h3-4,6H,1-2,5H2,(H,17,19)(H,21,22)/t6-/m0/s1. The van der Waals surface area contributed by atoms with E-state index in [0.717, 1.165) is 11.0 Å². The maximum absolute atomic E-state index is 13.2. The molecule has 2 amide bonds. The van der Waals surface area contributed by atoms with Gasteiger partial charge in [0.15, 0.2) is 11.6 Å². The highest BCUT2D eigenvalue weighted by molar-refractivity contribution is 9.10. The van der Waals surface area contributed by atoms with Crippen LogP contribution < -0.4 is 5.32 Å². The summed E-state index contributed by atoms with van der Waals surface area (Å²) in [6.45, 7) is 0.131. The molecule has 118 valence electrons. The Balaban J connectivity index is 2.02. The number of carbonyl (C=O) groups is 3. The summed E-state index contributed by atoms with van der Waals surface area (Å²) >= 11 is 2.83. The number of aliphatic carboxylic acids is 1. The van der Waals surface area contributed by atoms with Crippen LogP contribution in [0, 0.1) is 17.6 Å². The lowest BCUT2D eigenvalue weighted by Gasteiger charge is -2.14. The number of halogens is 3. The molecule has 1 saturated heterocycles. The number of benzene rings is 1. The van der Waals surface area contributed by atoms with Gasteiger partial charge in [-0.25, -0.2) is 13.6 Å². The van der Waals surface area contributed by atoms with Crippen LogP contribution in [0.15, 0.2) is 16.6 Å². The van der Waals surface area contributed by atoms with E-state index in [4.69, 9.17) is 5.11 Å². The first-order valence-corrected chi connectivity index (χ1v) is 7.06. The van der Waals surface area contributed by atoms with Crippen molar-refractivity contribution in [2.75, 3.05) is 18.4 Å². The van der Waals surface area contributed by atoms with Crippen molar-refractivity contribution >= 4 is 39.4 Å². The molecule has 2 N–H and O–H groups in total. The van der Waals surface area contributed by atoms with Crippen LogP contribution in [-0.4, -0.2) is 40.9 Å². The fourth-order valence-electron chi connectivity index (χ4n) is 2.17. The van der Waals surface area contributed by atoms with Gasteiger partial charge >= 0.3 is 11.9 Å². The van der Waals surface area contributed by atoms with Crippen LogP contribution in [0.3, 0.4) is 0 Å². The second-order valence-corrected chi connectivity index (χ2v) is 5.64. The van der Waals surface area contributed by atoms with E-state index >= 15 is 0 Å². The Morgan fingerprint density at radius 1 is 1.32 bits per heavy atom. The molecule has 22 heavy (non-hydrogen) atoms. The molecule has 0 spiro atoms. The van der Waals surface area contributed by atoms with E-state index in [-0.39, 0.29) is 23.2 Å². The number of carboxylic acid groups (broad SMARTS) is 1. The number of likely N-dealkylation sites (tertiary alicyclic amines) is 1. The molecule has 9 heteroatoms. The average Bonchev–Trinajstić information content (AvgIpc) is 2.93. The van der Waals surface area contributed by atoms with Gasteiger partial charge in [-0.2, -0.15) is 0 Å². The molecule has 1 fully saturated rings. The number of carbonyl (C=O) groups excluding carboxylic acids is 2. The average molecular weight is 377 g/mol. The molecule has 0 aromatic heterocycles. The van der Waals surface area contributed by atoms with Gasteiger partial charge in [-0.1, -0.05) is 0 Å². The van der Waals surface area contributed by atoms with Crippen LogP contribution in [0.4, 0.5) is 14.5 Å². The van der Waals surface area contributed by atoms with Crippen LogP contribution in [0.5, 0.6) is 0 Å². The van der Waals surface area contributed by atoms with Gasteiger partial charge in [0.1, 0.15) is 0 Å². The second-order valence-electron chi connectivity index (χ2n) is 4.79. The highest BCUT2D eigenvalue weighted by Crippen LogP contribution is 2.25. The van der Waals surface area contributed by atoms with Crippen molar-refractivity contribution in [2.45, 2.75) is 6.42 Å². The number of hydrogen-bond donors (Lipinski definition) is 2. The molecule has 1 aromatic rings. The Bertz CT molecular complexity index is 630. The summed E-state index contributed by atoms with van der Waals surface area (Å²) in [5, 5.41) is 11.0. The largest absolute Gasteiger partial charge is 0.474 e. The van der Waals surface area contributed by atoms with E-state index in [9.17, 15) is 23.2 Å². The van der Waals surface area contributed by atoms with Crippen molar-refractivity contribution in [1.82, 2.24) is 4.90 Å². The van der Waals surface area contributed by atoms with Crippen LogP contribution >= 0.6 is 15.9 Å². The minimum atomic E-state index is -1.58. The Morgan fingerprint density at radius 3 is 2.59 bits per heavy atom. The second kappa shape index (κ2) is 6.39. The van der Waals surface area contributed by atoms with Gasteiger partial charge in [0.2, 0.25) is 5.91 Å². The molecule has 6 nitrogen and oxygen atoms in total. The molecule has 0 aliphatic carbocycles. The number of rotatable bonds is 2. The molecule has 1 aliphatic heterocycles. The monoisotopic (exact) mass is 376 g/mol. The third-order valence-electron chi connectivity index (χ3n) is 3.28. The van der Waals surface area contributed by atoms with Crippen LogP contribution in [-0.2, 0) is 14.4 Å². The quantitative estimate of drug-likeness (QED) is 0.606. The van der Waals surface area contributed by atoms with E-state index < -0.39 is 35.3 Å². The van der Waals surface area contributed by atoms with Crippen molar-refractivity contribution < 1.29 is 28.3 Å². The number of nitrogens with zero attached hydrogens (tertiary/aromatic N) is 1. The number of amides is 2. The minimum absolute atomic E-state index is 0.0260. The predicted molar refractivity (Wildman–Crippen MR) is 75.0 cm³/mol. The Hall–Kier alpha value is -2.03. The first kappa shape index (κ1) is 16.3. The van der Waals surface area contributed by atoms with Crippen molar-refractivity contribution in [3.63, 3.8) is 0 Å². The number of nitrogens with one attached hydrogen (secondary N) is 1. The minimum Gasteiger partial charge on any atom is -0.474 e. The molecule has 1 aromatic carbocycles. The van der Waals surface area contributed by atoms with Crippen LogP contribution in [0.2, 0.25) is 0 Å². The summed E-state index contributed by atoms with van der Waals surface area (Å²) in [6, 6.07) is 2.05. The maximum Gasteiger partial charge on any atom is 0.394 e. The summed E-state index contributed by atoms with van der Waals surface area (Å²) in [7, 11) is 0. The van der Waals surface area contributed by atoms with E-state index in [2.05, 4.69) is 21.2 Å². The normalized spacial score (nSPS) is 17.4. The lowest BCUT2D eigenvalue weighted by atomic mass is 10.1. The summed E-state index contributed by atoms with van der Waals surface area (Å²) in [4.78, 5) is 35.0. The van der Waals surface area contributed by atoms with E-state index in [1.807, 2.05) is 0 Å². The molecule has 0 saturated carbocycles. The molecule has 0 radical (unpaired) electrons. The van der Waals surface area contributed by atoms with Gasteiger partial charge < -0.3 is 15.3 Å². The molecule has 2 rings (SSSR count). The Morgan fingerprint density at radius 2 is 2.00 bits per heavy atom.